The van der Waals surface area contributed by atoms with E-state index < -0.39 is 28.5 Å². The van der Waals surface area contributed by atoms with Gasteiger partial charge in [-0.2, -0.15) is 0 Å². The monoisotopic (exact) mass is 615 g/mol. The zero-order chi connectivity index (χ0) is 31.7. The molecule has 10 heteroatoms. The van der Waals surface area contributed by atoms with Gasteiger partial charge in [0.15, 0.2) is 11.5 Å². The molecule has 4 rings (SSSR count). The number of carbonyl (C=O) groups is 2. The average Bonchev–Trinajstić information content (AvgIpc) is 3.05. The summed E-state index contributed by atoms with van der Waals surface area (Å²) in [5.41, 5.74) is 2.95. The molecule has 0 saturated carbocycles. The highest BCUT2D eigenvalue weighted by Crippen LogP contribution is 2.32. The second-order valence-electron chi connectivity index (χ2n) is 10.1. The summed E-state index contributed by atoms with van der Waals surface area (Å²) in [5, 5.41) is 2.70. The number of hydrogen-bond acceptors (Lipinski definition) is 6. The molecule has 2 amide bonds. The van der Waals surface area contributed by atoms with Crippen molar-refractivity contribution in [1.82, 2.24) is 10.2 Å². The number of carbonyl (C=O) groups excluding carboxylic acids is 2. The van der Waals surface area contributed by atoms with Gasteiger partial charge >= 0.3 is 0 Å². The maximum Gasteiger partial charge on any atom is 0.264 e. The van der Waals surface area contributed by atoms with Crippen LogP contribution in [-0.2, 0) is 32.6 Å². The minimum absolute atomic E-state index is 0.0793. The Morgan fingerprint density at radius 2 is 1.43 bits per heavy atom. The summed E-state index contributed by atoms with van der Waals surface area (Å²) in [6.45, 7) is 1.49. The number of sulfonamides is 1. The van der Waals surface area contributed by atoms with Crippen molar-refractivity contribution in [3.8, 4) is 11.5 Å². The van der Waals surface area contributed by atoms with Crippen LogP contribution in [0.4, 0.5) is 5.69 Å². The molecular formula is C34H37N3O6S. The summed E-state index contributed by atoms with van der Waals surface area (Å²) in [4.78, 5) is 29.2. The van der Waals surface area contributed by atoms with E-state index in [9.17, 15) is 18.0 Å². The lowest BCUT2D eigenvalue weighted by molar-refractivity contribution is -0.139. The van der Waals surface area contributed by atoms with Gasteiger partial charge in [0.05, 0.1) is 24.8 Å². The molecule has 1 atom stereocenters. The summed E-state index contributed by atoms with van der Waals surface area (Å²) in [5.74, 6) is -0.292. The van der Waals surface area contributed by atoms with Crippen molar-refractivity contribution in [1.29, 1.82) is 0 Å². The maximum absolute atomic E-state index is 14.4. The number of likely N-dealkylation sites (N-methyl/N-ethyl adjacent to an activating group) is 1. The first-order chi connectivity index (χ1) is 21.2. The fourth-order valence-electron chi connectivity index (χ4n) is 4.92. The number of rotatable bonds is 13. The van der Waals surface area contributed by atoms with E-state index in [1.807, 2.05) is 61.5 Å². The number of nitrogens with one attached hydrogen (secondary N) is 1. The Kier molecular flexibility index (Phi) is 10.6. The normalized spacial score (nSPS) is 11.7. The van der Waals surface area contributed by atoms with E-state index in [-0.39, 0.29) is 29.5 Å². The van der Waals surface area contributed by atoms with Crippen LogP contribution in [0.5, 0.6) is 11.5 Å². The van der Waals surface area contributed by atoms with Crippen molar-refractivity contribution < 1.29 is 27.5 Å². The second kappa shape index (κ2) is 14.6. The standard InChI is InChI=1S/C34H37N3O6S/c1-25-13-11-12-16-27(25)23-36(30(34(39)35-2)21-26-14-7-5-8-15-26)33(38)24-37(28-17-9-6-10-18-28)44(40,41)29-19-20-31(42-3)32(22-29)43-4/h5-20,22,30H,21,23-24H2,1-4H3,(H,35,39)/t30-/m1/s1. The predicted octanol–water partition coefficient (Wildman–Crippen LogP) is 4.59. The van der Waals surface area contributed by atoms with Crippen molar-refractivity contribution in [2.24, 2.45) is 0 Å². The van der Waals surface area contributed by atoms with Gasteiger partial charge in [0.2, 0.25) is 11.8 Å². The highest BCUT2D eigenvalue weighted by atomic mass is 32.2. The fourth-order valence-corrected chi connectivity index (χ4v) is 6.35. The molecule has 4 aromatic carbocycles. The Hall–Kier alpha value is -4.83. The lowest BCUT2D eigenvalue weighted by Crippen LogP contribution is -2.53. The minimum Gasteiger partial charge on any atom is -0.493 e. The van der Waals surface area contributed by atoms with E-state index in [1.54, 1.807) is 30.3 Å². The minimum atomic E-state index is -4.28. The van der Waals surface area contributed by atoms with E-state index in [2.05, 4.69) is 5.32 Å². The summed E-state index contributed by atoms with van der Waals surface area (Å²) < 4.78 is 40.1. The Morgan fingerprint density at radius 3 is 2.05 bits per heavy atom. The third kappa shape index (κ3) is 7.38. The van der Waals surface area contributed by atoms with Crippen LogP contribution in [0.15, 0.2) is 108 Å². The Balaban J connectivity index is 1.80. The van der Waals surface area contributed by atoms with Crippen LogP contribution in [0.2, 0.25) is 0 Å². The zero-order valence-corrected chi connectivity index (χ0v) is 26.1. The molecule has 0 aliphatic rings. The Labute approximate surface area is 259 Å². The van der Waals surface area contributed by atoms with Gasteiger partial charge in [0.25, 0.3) is 10.0 Å². The molecule has 0 aliphatic carbocycles. The lowest BCUT2D eigenvalue weighted by atomic mass is 10.0. The van der Waals surface area contributed by atoms with Gasteiger partial charge < -0.3 is 19.7 Å². The van der Waals surface area contributed by atoms with Crippen molar-refractivity contribution in [3.05, 3.63) is 120 Å². The first kappa shape index (κ1) is 32.1. The number of nitrogens with zero attached hydrogens (tertiary/aromatic N) is 2. The molecule has 1 N–H and O–H groups in total. The van der Waals surface area contributed by atoms with Gasteiger partial charge in [-0.15, -0.1) is 0 Å². The number of anilines is 1. The van der Waals surface area contributed by atoms with Crippen molar-refractivity contribution in [2.45, 2.75) is 30.8 Å². The van der Waals surface area contributed by atoms with Crippen molar-refractivity contribution >= 4 is 27.5 Å². The van der Waals surface area contributed by atoms with Crippen LogP contribution >= 0.6 is 0 Å². The predicted molar refractivity (Wildman–Crippen MR) is 170 cm³/mol. The molecule has 0 spiro atoms. The molecule has 0 aliphatic heterocycles. The first-order valence-corrected chi connectivity index (χ1v) is 15.5. The van der Waals surface area contributed by atoms with Crippen LogP contribution in [0, 0.1) is 6.92 Å². The molecule has 0 heterocycles. The molecule has 4 aromatic rings. The third-order valence-corrected chi connectivity index (χ3v) is 9.16. The van der Waals surface area contributed by atoms with Gasteiger partial charge in [-0.05, 0) is 47.9 Å². The topological polar surface area (TPSA) is 105 Å². The highest BCUT2D eigenvalue weighted by molar-refractivity contribution is 7.92. The largest absolute Gasteiger partial charge is 0.493 e. The zero-order valence-electron chi connectivity index (χ0n) is 25.3. The maximum atomic E-state index is 14.4. The molecule has 0 aromatic heterocycles. The van der Waals surface area contributed by atoms with Crippen LogP contribution in [0.1, 0.15) is 16.7 Å². The molecule has 44 heavy (non-hydrogen) atoms. The number of hydrogen-bond donors (Lipinski definition) is 1. The second-order valence-corrected chi connectivity index (χ2v) is 12.0. The van der Waals surface area contributed by atoms with E-state index in [0.29, 0.717) is 11.4 Å². The smallest absolute Gasteiger partial charge is 0.264 e. The first-order valence-electron chi connectivity index (χ1n) is 14.1. The lowest BCUT2D eigenvalue weighted by Gasteiger charge is -2.34. The molecule has 0 bridgehead atoms. The quantitative estimate of drug-likeness (QED) is 0.236. The molecule has 0 saturated heterocycles. The average molecular weight is 616 g/mol. The van der Waals surface area contributed by atoms with Gasteiger partial charge in [-0.25, -0.2) is 8.42 Å². The van der Waals surface area contributed by atoms with E-state index >= 15 is 0 Å². The van der Waals surface area contributed by atoms with Gasteiger partial charge in [-0.3, -0.25) is 13.9 Å². The fraction of sp³-hybridized carbons (Fsp3) is 0.235. The number of amides is 2. The highest BCUT2D eigenvalue weighted by Gasteiger charge is 2.34. The molecule has 0 fully saturated rings. The van der Waals surface area contributed by atoms with E-state index in [1.165, 1.54) is 44.4 Å². The van der Waals surface area contributed by atoms with Crippen LogP contribution in [0.25, 0.3) is 0 Å². The molecule has 0 radical (unpaired) electrons. The summed E-state index contributed by atoms with van der Waals surface area (Å²) in [6, 6.07) is 28.8. The van der Waals surface area contributed by atoms with E-state index in [0.717, 1.165) is 21.0 Å². The van der Waals surface area contributed by atoms with Crippen molar-refractivity contribution in [2.75, 3.05) is 32.1 Å². The summed E-state index contributed by atoms with van der Waals surface area (Å²) in [7, 11) is 0.120. The van der Waals surface area contributed by atoms with Crippen molar-refractivity contribution in [3.63, 3.8) is 0 Å². The number of aryl methyl sites for hydroxylation is 1. The molecule has 0 unspecified atom stereocenters. The van der Waals surface area contributed by atoms with Crippen LogP contribution < -0.4 is 19.1 Å². The van der Waals surface area contributed by atoms with Crippen LogP contribution in [0.3, 0.4) is 0 Å². The van der Waals surface area contributed by atoms with E-state index in [4.69, 9.17) is 9.47 Å². The van der Waals surface area contributed by atoms with Crippen LogP contribution in [-0.4, -0.2) is 59.0 Å². The SMILES string of the molecule is CNC(=O)[C@@H](Cc1ccccc1)N(Cc1ccccc1C)C(=O)CN(c1ccccc1)S(=O)(=O)c1ccc(OC)c(OC)c1. The molecular weight excluding hydrogens is 578 g/mol. The number of benzene rings is 4. The number of methoxy groups -OCH3 is 2. The molecule has 230 valence electrons. The van der Waals surface area contributed by atoms with Gasteiger partial charge in [0.1, 0.15) is 12.6 Å². The summed E-state index contributed by atoms with van der Waals surface area (Å²) in [6.07, 6.45) is 0.242. The Morgan fingerprint density at radius 1 is 0.818 bits per heavy atom. The van der Waals surface area contributed by atoms with Gasteiger partial charge in [-0.1, -0.05) is 72.8 Å². The number of para-hydroxylation sites is 1. The Bertz CT molecular complexity index is 1680. The molecule has 9 nitrogen and oxygen atoms in total. The summed E-state index contributed by atoms with van der Waals surface area (Å²) >= 11 is 0. The number of ether oxygens (including phenoxy) is 2. The van der Waals surface area contributed by atoms with Gasteiger partial charge in [0, 0.05) is 26.1 Å². The third-order valence-electron chi connectivity index (χ3n) is 7.39.